The number of carbonyl (C=O) groups is 1. The maximum absolute atomic E-state index is 11.8. The lowest BCUT2D eigenvalue weighted by Crippen LogP contribution is -2.28. The minimum atomic E-state index is -4.26. The van der Waals surface area contributed by atoms with Crippen molar-refractivity contribution in [3.63, 3.8) is 0 Å². The molecule has 0 bridgehead atoms. The summed E-state index contributed by atoms with van der Waals surface area (Å²) in [5, 5.41) is 12.5. The number of hydrogen-bond acceptors (Lipinski definition) is 4. The van der Waals surface area contributed by atoms with E-state index in [9.17, 15) is 28.1 Å². The van der Waals surface area contributed by atoms with Gasteiger partial charge in [-0.3, -0.25) is 10.1 Å². The second kappa shape index (κ2) is 6.73. The smallest absolute Gasteiger partial charge is 0.410 e. The minimum absolute atomic E-state index is 0.0592. The zero-order chi connectivity index (χ0) is 15.2. The Hall–Kier alpha value is -2.32. The van der Waals surface area contributed by atoms with Gasteiger partial charge in [0.1, 0.15) is 5.75 Å². The second-order valence-corrected chi connectivity index (χ2v) is 3.79. The number of alkyl halides is 3. The van der Waals surface area contributed by atoms with Crippen molar-refractivity contribution in [3.8, 4) is 5.75 Å². The summed E-state index contributed by atoms with van der Waals surface area (Å²) < 4.78 is 40.2. The first-order valence-electron chi connectivity index (χ1n) is 5.55. The number of non-ortho nitro benzene ring substituents is 1. The molecule has 0 aromatic heterocycles. The predicted octanol–water partition coefficient (Wildman–Crippen LogP) is 3.03. The molecule has 1 aromatic carbocycles. The molecule has 0 radical (unpaired) electrons. The summed E-state index contributed by atoms with van der Waals surface area (Å²) >= 11 is 0. The maximum atomic E-state index is 11.8. The van der Waals surface area contributed by atoms with Gasteiger partial charge in [-0.25, -0.2) is 4.79 Å². The van der Waals surface area contributed by atoms with Crippen molar-refractivity contribution >= 4 is 11.8 Å². The molecule has 1 rings (SSSR count). The van der Waals surface area contributed by atoms with E-state index in [4.69, 9.17) is 4.74 Å². The fourth-order valence-corrected chi connectivity index (χ4v) is 1.26. The third kappa shape index (κ3) is 6.03. The van der Waals surface area contributed by atoms with Crippen molar-refractivity contribution < 1.29 is 27.6 Å². The summed E-state index contributed by atoms with van der Waals surface area (Å²) in [4.78, 5) is 21.0. The molecule has 1 N–H and O–H groups in total. The highest BCUT2D eigenvalue weighted by Gasteiger charge is 2.26. The Morgan fingerprint density at radius 2 is 1.90 bits per heavy atom. The van der Waals surface area contributed by atoms with Crippen LogP contribution >= 0.6 is 0 Å². The number of nitrogens with one attached hydrogen (secondary N) is 1. The van der Waals surface area contributed by atoms with Gasteiger partial charge in [0.15, 0.2) is 0 Å². The molecule has 9 heteroatoms. The molecule has 0 aliphatic rings. The van der Waals surface area contributed by atoms with Gasteiger partial charge in [-0.05, 0) is 18.6 Å². The molecule has 0 heterocycles. The molecular formula is C11H11F3N2O4. The van der Waals surface area contributed by atoms with Crippen molar-refractivity contribution in [1.82, 2.24) is 5.32 Å². The molecule has 110 valence electrons. The zero-order valence-corrected chi connectivity index (χ0v) is 10.1. The van der Waals surface area contributed by atoms with E-state index in [1.807, 2.05) is 0 Å². The SMILES string of the molecule is O=C(NCCCC(F)(F)F)Oc1ccc([N+](=O)[O-])cc1. The van der Waals surface area contributed by atoms with E-state index in [-0.39, 0.29) is 24.4 Å². The molecule has 0 fully saturated rings. The van der Waals surface area contributed by atoms with Gasteiger partial charge in [-0.1, -0.05) is 0 Å². The molecule has 0 spiro atoms. The minimum Gasteiger partial charge on any atom is -0.410 e. The molecular weight excluding hydrogens is 281 g/mol. The first kappa shape index (κ1) is 15.7. The molecule has 6 nitrogen and oxygen atoms in total. The number of nitro benzene ring substituents is 1. The summed E-state index contributed by atoms with van der Waals surface area (Å²) in [5.74, 6) is 0.0592. The van der Waals surface area contributed by atoms with Crippen LogP contribution in [0.1, 0.15) is 12.8 Å². The number of benzene rings is 1. The molecule has 0 unspecified atom stereocenters. The fourth-order valence-electron chi connectivity index (χ4n) is 1.26. The van der Waals surface area contributed by atoms with E-state index in [0.717, 1.165) is 12.1 Å². The number of carbonyl (C=O) groups excluding carboxylic acids is 1. The molecule has 0 saturated heterocycles. The van der Waals surface area contributed by atoms with Crippen molar-refractivity contribution in [1.29, 1.82) is 0 Å². The molecule has 1 aromatic rings. The van der Waals surface area contributed by atoms with Crippen LogP contribution in [-0.4, -0.2) is 23.7 Å². The Kier molecular flexibility index (Phi) is 5.30. The first-order valence-corrected chi connectivity index (χ1v) is 5.55. The maximum Gasteiger partial charge on any atom is 0.412 e. The summed E-state index contributed by atoms with van der Waals surface area (Å²) in [7, 11) is 0. The summed E-state index contributed by atoms with van der Waals surface area (Å²) in [6.07, 6.45) is -6.42. The molecule has 0 saturated carbocycles. The van der Waals surface area contributed by atoms with E-state index in [0.29, 0.717) is 0 Å². The lowest BCUT2D eigenvalue weighted by Gasteiger charge is -2.08. The first-order chi connectivity index (χ1) is 9.28. The quantitative estimate of drug-likeness (QED) is 0.514. The van der Waals surface area contributed by atoms with E-state index < -0.39 is 23.6 Å². The van der Waals surface area contributed by atoms with Gasteiger partial charge >= 0.3 is 12.3 Å². The van der Waals surface area contributed by atoms with Crippen LogP contribution in [0.15, 0.2) is 24.3 Å². The van der Waals surface area contributed by atoms with Gasteiger partial charge in [0.05, 0.1) is 4.92 Å². The summed E-state index contributed by atoms with van der Waals surface area (Å²) in [5.41, 5.74) is -0.164. The van der Waals surface area contributed by atoms with Gasteiger partial charge in [-0.15, -0.1) is 0 Å². The van der Waals surface area contributed by atoms with Crippen LogP contribution in [0.25, 0.3) is 0 Å². The average molecular weight is 292 g/mol. The Morgan fingerprint density at radius 3 is 2.40 bits per heavy atom. The van der Waals surface area contributed by atoms with Gasteiger partial charge in [0.25, 0.3) is 5.69 Å². The van der Waals surface area contributed by atoms with Crippen LogP contribution in [0, 0.1) is 10.1 Å². The lowest BCUT2D eigenvalue weighted by molar-refractivity contribution is -0.384. The van der Waals surface area contributed by atoms with E-state index in [1.165, 1.54) is 12.1 Å². The number of halogens is 3. The van der Waals surface area contributed by atoms with Crippen LogP contribution in [0.5, 0.6) is 5.75 Å². The van der Waals surface area contributed by atoms with Crippen LogP contribution in [-0.2, 0) is 0 Å². The van der Waals surface area contributed by atoms with E-state index in [1.54, 1.807) is 0 Å². The van der Waals surface area contributed by atoms with Crippen LogP contribution < -0.4 is 10.1 Å². The summed E-state index contributed by atoms with van der Waals surface area (Å²) in [6.45, 7) is -0.175. The third-order valence-corrected chi connectivity index (χ3v) is 2.16. The Bertz CT molecular complexity index is 474. The van der Waals surface area contributed by atoms with Crippen molar-refractivity contribution in [2.24, 2.45) is 0 Å². The predicted molar refractivity (Wildman–Crippen MR) is 62.4 cm³/mol. The second-order valence-electron chi connectivity index (χ2n) is 3.79. The van der Waals surface area contributed by atoms with Gasteiger partial charge < -0.3 is 10.1 Å². The van der Waals surface area contributed by atoms with E-state index in [2.05, 4.69) is 5.32 Å². The van der Waals surface area contributed by atoms with Crippen LogP contribution in [0.3, 0.4) is 0 Å². The highest BCUT2D eigenvalue weighted by atomic mass is 19.4. The Balaban J connectivity index is 2.33. The Labute approximate surface area is 111 Å². The number of ether oxygens (including phenoxy) is 1. The molecule has 0 aliphatic heterocycles. The third-order valence-electron chi connectivity index (χ3n) is 2.16. The largest absolute Gasteiger partial charge is 0.412 e. The number of hydrogen-bond donors (Lipinski definition) is 1. The number of rotatable bonds is 5. The topological polar surface area (TPSA) is 81.5 Å². The molecule has 0 aliphatic carbocycles. The highest BCUT2D eigenvalue weighted by molar-refractivity contribution is 5.70. The number of nitrogens with zero attached hydrogens (tertiary/aromatic N) is 1. The van der Waals surface area contributed by atoms with Crippen LogP contribution in [0.4, 0.5) is 23.7 Å². The fraction of sp³-hybridized carbons (Fsp3) is 0.364. The molecule has 1 amide bonds. The monoisotopic (exact) mass is 292 g/mol. The number of nitro groups is 1. The number of amides is 1. The average Bonchev–Trinajstić information content (AvgIpc) is 2.34. The standard InChI is InChI=1S/C11H11F3N2O4/c12-11(13,14)6-1-7-15-10(17)20-9-4-2-8(3-5-9)16(18)19/h2-5H,1,6-7H2,(H,15,17). The lowest BCUT2D eigenvalue weighted by atomic mass is 10.3. The van der Waals surface area contributed by atoms with Gasteiger partial charge in [-0.2, -0.15) is 13.2 Å². The van der Waals surface area contributed by atoms with Gasteiger partial charge in [0.2, 0.25) is 0 Å². The molecule has 0 atom stereocenters. The summed E-state index contributed by atoms with van der Waals surface area (Å²) in [6, 6.07) is 4.72. The zero-order valence-electron chi connectivity index (χ0n) is 10.1. The van der Waals surface area contributed by atoms with Crippen LogP contribution in [0.2, 0.25) is 0 Å². The van der Waals surface area contributed by atoms with Crippen molar-refractivity contribution in [2.75, 3.05) is 6.54 Å². The van der Waals surface area contributed by atoms with Crippen molar-refractivity contribution in [2.45, 2.75) is 19.0 Å². The van der Waals surface area contributed by atoms with Gasteiger partial charge in [0, 0.05) is 25.1 Å². The Morgan fingerprint density at radius 1 is 1.30 bits per heavy atom. The highest BCUT2D eigenvalue weighted by Crippen LogP contribution is 2.20. The van der Waals surface area contributed by atoms with Crippen molar-refractivity contribution in [3.05, 3.63) is 34.4 Å². The normalized spacial score (nSPS) is 10.9. The molecule has 20 heavy (non-hydrogen) atoms. The van der Waals surface area contributed by atoms with E-state index >= 15 is 0 Å².